The van der Waals surface area contributed by atoms with Crippen LogP contribution in [-0.2, 0) is 19.2 Å². The maximum atomic E-state index is 11.1. The number of hydrogen-bond acceptors (Lipinski definition) is 4. The van der Waals surface area contributed by atoms with E-state index in [9.17, 15) is 14.4 Å². The Morgan fingerprint density at radius 1 is 1.33 bits per heavy atom. The van der Waals surface area contributed by atoms with E-state index in [2.05, 4.69) is 4.84 Å². The van der Waals surface area contributed by atoms with Crippen molar-refractivity contribution in [2.45, 2.75) is 32.6 Å². The van der Waals surface area contributed by atoms with Crippen LogP contribution >= 0.6 is 0 Å². The Balaban J connectivity index is 2.40. The number of amides is 2. The summed E-state index contributed by atoms with van der Waals surface area (Å²) in [7, 11) is 0. The van der Waals surface area contributed by atoms with Crippen molar-refractivity contribution in [1.82, 2.24) is 5.06 Å². The standard InChI is InChI=1S/C10H13NO4/c1-2-3-4-5-10(14)15-11-8(12)6-7-9(11)13/h3-4H,2,5-7H2,1H3/b4-3+. The summed E-state index contributed by atoms with van der Waals surface area (Å²) in [6.45, 7) is 1.94. The molecule has 0 unspecified atom stereocenters. The molecule has 1 rings (SSSR count). The average Bonchev–Trinajstić information content (AvgIpc) is 2.50. The third-order valence-electron chi connectivity index (χ3n) is 1.89. The largest absolute Gasteiger partial charge is 0.336 e. The summed E-state index contributed by atoms with van der Waals surface area (Å²) < 4.78 is 0. The number of hydrogen-bond donors (Lipinski definition) is 0. The van der Waals surface area contributed by atoms with E-state index in [-0.39, 0.29) is 19.3 Å². The van der Waals surface area contributed by atoms with Crippen molar-refractivity contribution in [2.24, 2.45) is 0 Å². The fourth-order valence-corrected chi connectivity index (χ4v) is 1.14. The van der Waals surface area contributed by atoms with Gasteiger partial charge in [0.05, 0.1) is 6.42 Å². The van der Waals surface area contributed by atoms with Crippen molar-refractivity contribution in [3.8, 4) is 0 Å². The highest BCUT2D eigenvalue weighted by Gasteiger charge is 2.32. The first-order valence-electron chi connectivity index (χ1n) is 4.86. The zero-order valence-corrected chi connectivity index (χ0v) is 8.56. The molecule has 1 aliphatic rings. The van der Waals surface area contributed by atoms with Crippen molar-refractivity contribution in [3.05, 3.63) is 12.2 Å². The monoisotopic (exact) mass is 211 g/mol. The molecule has 0 spiro atoms. The summed E-state index contributed by atoms with van der Waals surface area (Å²) in [6.07, 6.45) is 4.61. The maximum Gasteiger partial charge on any atom is 0.336 e. The number of rotatable bonds is 4. The molecule has 0 aromatic rings. The SMILES string of the molecule is CC/C=C/CC(=O)ON1C(=O)CCC1=O. The van der Waals surface area contributed by atoms with Gasteiger partial charge in [0.2, 0.25) is 0 Å². The minimum absolute atomic E-state index is 0.0743. The summed E-state index contributed by atoms with van der Waals surface area (Å²) in [5.74, 6) is -1.50. The lowest BCUT2D eigenvalue weighted by Gasteiger charge is -2.11. The Kier molecular flexibility index (Phi) is 4.03. The molecule has 0 aromatic carbocycles. The second kappa shape index (κ2) is 5.29. The highest BCUT2D eigenvalue weighted by Crippen LogP contribution is 2.12. The zero-order chi connectivity index (χ0) is 11.3. The molecule has 0 aromatic heterocycles. The van der Waals surface area contributed by atoms with Crippen LogP contribution in [-0.4, -0.2) is 22.8 Å². The van der Waals surface area contributed by atoms with Gasteiger partial charge in [-0.2, -0.15) is 0 Å². The zero-order valence-electron chi connectivity index (χ0n) is 8.56. The smallest absolute Gasteiger partial charge is 0.330 e. The van der Waals surface area contributed by atoms with Crippen LogP contribution in [0.25, 0.3) is 0 Å². The van der Waals surface area contributed by atoms with Crippen LogP contribution in [0.3, 0.4) is 0 Å². The van der Waals surface area contributed by atoms with Crippen LogP contribution in [0.2, 0.25) is 0 Å². The Hall–Kier alpha value is -1.65. The van der Waals surface area contributed by atoms with Crippen LogP contribution in [0.4, 0.5) is 0 Å². The predicted molar refractivity (Wildman–Crippen MR) is 51.2 cm³/mol. The summed E-state index contributed by atoms with van der Waals surface area (Å²) in [4.78, 5) is 37.9. The molecule has 0 aliphatic carbocycles. The Labute approximate surface area is 87.6 Å². The quantitative estimate of drug-likeness (QED) is 0.513. The molecule has 1 heterocycles. The van der Waals surface area contributed by atoms with E-state index >= 15 is 0 Å². The number of imide groups is 1. The van der Waals surface area contributed by atoms with Gasteiger partial charge in [0.15, 0.2) is 0 Å². The third kappa shape index (κ3) is 3.19. The summed E-state index contributed by atoms with van der Waals surface area (Å²) in [5.41, 5.74) is 0. The van der Waals surface area contributed by atoms with Crippen LogP contribution in [0, 0.1) is 0 Å². The molecule has 0 radical (unpaired) electrons. The molecule has 82 valence electrons. The van der Waals surface area contributed by atoms with Crippen molar-refractivity contribution in [2.75, 3.05) is 0 Å². The molecule has 5 nitrogen and oxygen atoms in total. The third-order valence-corrected chi connectivity index (χ3v) is 1.89. The second-order valence-electron chi connectivity index (χ2n) is 3.13. The number of carbonyl (C=O) groups excluding carboxylic acids is 3. The molecule has 2 amide bonds. The van der Waals surface area contributed by atoms with Gasteiger partial charge in [-0.25, -0.2) is 4.79 Å². The molecule has 0 saturated carbocycles. The van der Waals surface area contributed by atoms with Crippen LogP contribution in [0.1, 0.15) is 32.6 Å². The van der Waals surface area contributed by atoms with Crippen LogP contribution < -0.4 is 0 Å². The lowest BCUT2D eigenvalue weighted by Crippen LogP contribution is -2.31. The van der Waals surface area contributed by atoms with Gasteiger partial charge in [-0.15, -0.1) is 5.06 Å². The van der Waals surface area contributed by atoms with E-state index in [1.807, 2.05) is 13.0 Å². The lowest BCUT2D eigenvalue weighted by atomic mass is 10.3. The molecule has 0 atom stereocenters. The Morgan fingerprint density at radius 3 is 2.47 bits per heavy atom. The van der Waals surface area contributed by atoms with E-state index in [0.717, 1.165) is 6.42 Å². The topological polar surface area (TPSA) is 63.7 Å². The number of hydroxylamine groups is 2. The maximum absolute atomic E-state index is 11.1. The van der Waals surface area contributed by atoms with Gasteiger partial charge in [0.25, 0.3) is 11.8 Å². The van der Waals surface area contributed by atoms with E-state index < -0.39 is 17.8 Å². The van der Waals surface area contributed by atoms with Gasteiger partial charge < -0.3 is 4.84 Å². The van der Waals surface area contributed by atoms with Gasteiger partial charge in [-0.3, -0.25) is 9.59 Å². The molecule has 1 saturated heterocycles. The minimum Gasteiger partial charge on any atom is -0.330 e. The first-order chi connectivity index (χ1) is 7.15. The first kappa shape index (κ1) is 11.4. The molecular formula is C10H13NO4. The molecule has 0 bridgehead atoms. The fourth-order valence-electron chi connectivity index (χ4n) is 1.14. The highest BCUT2D eigenvalue weighted by atomic mass is 16.7. The first-order valence-corrected chi connectivity index (χ1v) is 4.86. The van der Waals surface area contributed by atoms with Crippen molar-refractivity contribution in [3.63, 3.8) is 0 Å². The molecular weight excluding hydrogens is 198 g/mol. The van der Waals surface area contributed by atoms with Gasteiger partial charge in [-0.05, 0) is 6.42 Å². The summed E-state index contributed by atoms with van der Waals surface area (Å²) in [5, 5.41) is 0.558. The molecule has 1 fully saturated rings. The minimum atomic E-state index is -0.594. The molecule has 1 aliphatic heterocycles. The lowest BCUT2D eigenvalue weighted by molar-refractivity contribution is -0.196. The van der Waals surface area contributed by atoms with E-state index in [1.165, 1.54) is 0 Å². The average molecular weight is 211 g/mol. The predicted octanol–water partition coefficient (Wildman–Crippen LogP) is 0.950. The van der Waals surface area contributed by atoms with Crippen molar-refractivity contribution < 1.29 is 19.2 Å². The van der Waals surface area contributed by atoms with Crippen LogP contribution in [0.15, 0.2) is 12.2 Å². The van der Waals surface area contributed by atoms with E-state index in [0.29, 0.717) is 5.06 Å². The number of carbonyl (C=O) groups is 3. The Bertz CT molecular complexity index is 293. The molecule has 15 heavy (non-hydrogen) atoms. The van der Waals surface area contributed by atoms with E-state index in [1.54, 1.807) is 6.08 Å². The fraction of sp³-hybridized carbons (Fsp3) is 0.500. The molecule has 5 heteroatoms. The highest BCUT2D eigenvalue weighted by molar-refractivity contribution is 6.01. The van der Waals surface area contributed by atoms with E-state index in [4.69, 9.17) is 0 Å². The van der Waals surface area contributed by atoms with Gasteiger partial charge in [-0.1, -0.05) is 19.1 Å². The Morgan fingerprint density at radius 2 is 1.93 bits per heavy atom. The second-order valence-corrected chi connectivity index (χ2v) is 3.13. The van der Waals surface area contributed by atoms with Crippen LogP contribution in [0.5, 0.6) is 0 Å². The van der Waals surface area contributed by atoms with Gasteiger partial charge in [0.1, 0.15) is 0 Å². The van der Waals surface area contributed by atoms with Crippen molar-refractivity contribution >= 4 is 17.8 Å². The molecule has 0 N–H and O–H groups in total. The van der Waals surface area contributed by atoms with Gasteiger partial charge >= 0.3 is 5.97 Å². The van der Waals surface area contributed by atoms with Gasteiger partial charge in [0, 0.05) is 12.8 Å². The number of allylic oxidation sites excluding steroid dienone is 1. The van der Waals surface area contributed by atoms with Crippen molar-refractivity contribution in [1.29, 1.82) is 0 Å². The summed E-state index contributed by atoms with van der Waals surface area (Å²) >= 11 is 0. The number of nitrogens with zero attached hydrogens (tertiary/aromatic N) is 1. The summed E-state index contributed by atoms with van der Waals surface area (Å²) in [6, 6.07) is 0. The normalized spacial score (nSPS) is 16.5.